The van der Waals surface area contributed by atoms with Gasteiger partial charge in [0.05, 0.1) is 17.1 Å². The quantitative estimate of drug-likeness (QED) is 0.830. The maximum Gasteiger partial charge on any atom is 0.150 e. The van der Waals surface area contributed by atoms with Crippen LogP contribution >= 0.6 is 0 Å². The predicted molar refractivity (Wildman–Crippen MR) is 68.4 cm³/mol. The molecule has 0 saturated carbocycles. The molecule has 5 heteroatoms. The van der Waals surface area contributed by atoms with Gasteiger partial charge in [0, 0.05) is 12.0 Å². The standard InChI is InChI=1S/C13H16O4S/c14-10-12-4-2-1-3-11(12)9-13(15)5-7-18(16,17)8-6-13/h1-4,10,15H,5-9H2. The zero-order chi connectivity index (χ0) is 13.2. The molecule has 0 unspecified atom stereocenters. The zero-order valence-electron chi connectivity index (χ0n) is 10.0. The Balaban J connectivity index is 2.16. The van der Waals surface area contributed by atoms with Gasteiger partial charge in [-0.15, -0.1) is 0 Å². The van der Waals surface area contributed by atoms with Crippen molar-refractivity contribution in [3.05, 3.63) is 35.4 Å². The molecule has 0 bridgehead atoms. The number of benzene rings is 1. The molecular weight excluding hydrogens is 252 g/mol. The highest BCUT2D eigenvalue weighted by Crippen LogP contribution is 2.28. The lowest BCUT2D eigenvalue weighted by Gasteiger charge is -2.32. The summed E-state index contributed by atoms with van der Waals surface area (Å²) in [7, 11) is -2.99. The number of hydrogen-bond donors (Lipinski definition) is 1. The Hall–Kier alpha value is -1.20. The lowest BCUT2D eigenvalue weighted by Crippen LogP contribution is -2.41. The van der Waals surface area contributed by atoms with Gasteiger partial charge in [-0.05, 0) is 18.4 Å². The van der Waals surface area contributed by atoms with Gasteiger partial charge >= 0.3 is 0 Å². The van der Waals surface area contributed by atoms with Crippen molar-refractivity contribution >= 4 is 16.1 Å². The van der Waals surface area contributed by atoms with E-state index in [4.69, 9.17) is 0 Å². The third-order valence-electron chi connectivity index (χ3n) is 3.46. The van der Waals surface area contributed by atoms with Crippen molar-refractivity contribution in [3.63, 3.8) is 0 Å². The molecule has 0 atom stereocenters. The molecule has 0 aromatic heterocycles. The van der Waals surface area contributed by atoms with E-state index in [1.54, 1.807) is 18.2 Å². The number of aldehydes is 1. The molecule has 1 saturated heterocycles. The van der Waals surface area contributed by atoms with E-state index in [9.17, 15) is 18.3 Å². The van der Waals surface area contributed by atoms with Crippen LogP contribution in [0.2, 0.25) is 0 Å². The maximum atomic E-state index is 11.3. The summed E-state index contributed by atoms with van der Waals surface area (Å²) in [6, 6.07) is 7.07. The third kappa shape index (κ3) is 2.97. The van der Waals surface area contributed by atoms with Crippen LogP contribution in [0.5, 0.6) is 0 Å². The largest absolute Gasteiger partial charge is 0.389 e. The number of sulfone groups is 1. The van der Waals surface area contributed by atoms with Gasteiger partial charge < -0.3 is 5.11 Å². The molecule has 98 valence electrons. The molecule has 0 radical (unpaired) electrons. The molecule has 0 amide bonds. The van der Waals surface area contributed by atoms with E-state index >= 15 is 0 Å². The number of hydrogen-bond acceptors (Lipinski definition) is 4. The van der Waals surface area contributed by atoms with Crippen molar-refractivity contribution < 1.29 is 18.3 Å². The molecule has 1 heterocycles. The molecule has 1 fully saturated rings. The first kappa shape index (κ1) is 13.2. The first-order valence-corrected chi connectivity index (χ1v) is 7.72. The summed E-state index contributed by atoms with van der Waals surface area (Å²) in [6.45, 7) is 0. The minimum absolute atomic E-state index is 0.0206. The average molecular weight is 268 g/mol. The van der Waals surface area contributed by atoms with Crippen molar-refractivity contribution in [2.75, 3.05) is 11.5 Å². The summed E-state index contributed by atoms with van der Waals surface area (Å²) in [5.74, 6) is 0.0412. The Kier molecular flexibility index (Phi) is 3.54. The predicted octanol–water partition coefficient (Wildman–Crippen LogP) is 0.981. The van der Waals surface area contributed by atoms with Crippen LogP contribution in [-0.2, 0) is 16.3 Å². The second-order valence-electron chi connectivity index (χ2n) is 4.87. The van der Waals surface area contributed by atoms with Crippen LogP contribution in [0.15, 0.2) is 24.3 Å². The molecule has 1 aliphatic heterocycles. The van der Waals surface area contributed by atoms with Gasteiger partial charge in [0.1, 0.15) is 6.29 Å². The van der Waals surface area contributed by atoms with E-state index in [-0.39, 0.29) is 24.3 Å². The first-order chi connectivity index (χ1) is 8.44. The second-order valence-corrected chi connectivity index (χ2v) is 7.17. The Bertz CT molecular complexity index is 534. The fourth-order valence-corrected chi connectivity index (χ4v) is 3.85. The summed E-state index contributed by atoms with van der Waals surface area (Å²) in [5, 5.41) is 10.4. The van der Waals surface area contributed by atoms with Gasteiger partial charge in [0.2, 0.25) is 0 Å². The van der Waals surface area contributed by atoms with Crippen LogP contribution in [0.1, 0.15) is 28.8 Å². The van der Waals surface area contributed by atoms with Crippen LogP contribution < -0.4 is 0 Å². The number of rotatable bonds is 3. The molecule has 1 aromatic rings. The van der Waals surface area contributed by atoms with Gasteiger partial charge in [-0.25, -0.2) is 8.42 Å². The molecule has 1 aromatic carbocycles. The molecule has 0 spiro atoms. The second kappa shape index (κ2) is 4.82. The number of aliphatic hydroxyl groups is 1. The Morgan fingerprint density at radius 3 is 2.44 bits per heavy atom. The highest BCUT2D eigenvalue weighted by atomic mass is 32.2. The van der Waals surface area contributed by atoms with Gasteiger partial charge in [-0.3, -0.25) is 4.79 Å². The van der Waals surface area contributed by atoms with Crippen LogP contribution in [0, 0.1) is 0 Å². The van der Waals surface area contributed by atoms with Gasteiger partial charge in [0.25, 0.3) is 0 Å². The van der Waals surface area contributed by atoms with Crippen molar-refractivity contribution in [2.24, 2.45) is 0 Å². The normalized spacial score (nSPS) is 21.4. The van der Waals surface area contributed by atoms with Crippen molar-refractivity contribution in [1.29, 1.82) is 0 Å². The highest BCUT2D eigenvalue weighted by Gasteiger charge is 2.35. The van der Waals surface area contributed by atoms with Crippen molar-refractivity contribution in [3.8, 4) is 0 Å². The summed E-state index contributed by atoms with van der Waals surface area (Å²) >= 11 is 0. The number of carbonyl (C=O) groups excluding carboxylic acids is 1. The Morgan fingerprint density at radius 1 is 1.22 bits per heavy atom. The van der Waals surface area contributed by atoms with Crippen molar-refractivity contribution in [1.82, 2.24) is 0 Å². The molecule has 4 nitrogen and oxygen atoms in total. The van der Waals surface area contributed by atoms with Crippen LogP contribution in [-0.4, -0.2) is 36.9 Å². The van der Waals surface area contributed by atoms with Gasteiger partial charge in [-0.1, -0.05) is 24.3 Å². The number of carbonyl (C=O) groups is 1. The third-order valence-corrected chi connectivity index (χ3v) is 5.11. The fraction of sp³-hybridized carbons (Fsp3) is 0.462. The topological polar surface area (TPSA) is 71.4 Å². The van der Waals surface area contributed by atoms with E-state index < -0.39 is 15.4 Å². The first-order valence-electron chi connectivity index (χ1n) is 5.90. The van der Waals surface area contributed by atoms with E-state index in [0.29, 0.717) is 12.0 Å². The minimum atomic E-state index is -2.99. The minimum Gasteiger partial charge on any atom is -0.389 e. The van der Waals surface area contributed by atoms with Crippen LogP contribution in [0.4, 0.5) is 0 Å². The fourth-order valence-electron chi connectivity index (χ4n) is 2.26. The zero-order valence-corrected chi connectivity index (χ0v) is 10.8. The molecule has 1 N–H and O–H groups in total. The molecule has 18 heavy (non-hydrogen) atoms. The summed E-state index contributed by atoms with van der Waals surface area (Å²) in [6.07, 6.45) is 1.57. The molecule has 1 aliphatic rings. The Morgan fingerprint density at radius 2 is 1.83 bits per heavy atom. The smallest absolute Gasteiger partial charge is 0.150 e. The lowest BCUT2D eigenvalue weighted by molar-refractivity contribution is 0.0305. The highest BCUT2D eigenvalue weighted by molar-refractivity contribution is 7.91. The average Bonchev–Trinajstić information content (AvgIpc) is 2.34. The maximum absolute atomic E-state index is 11.3. The van der Waals surface area contributed by atoms with E-state index in [1.807, 2.05) is 6.07 Å². The van der Waals surface area contributed by atoms with Crippen molar-refractivity contribution in [2.45, 2.75) is 24.9 Å². The molecular formula is C13H16O4S. The SMILES string of the molecule is O=Cc1ccccc1CC1(O)CCS(=O)(=O)CC1. The van der Waals surface area contributed by atoms with E-state index in [1.165, 1.54) is 0 Å². The summed E-state index contributed by atoms with van der Waals surface area (Å²) < 4.78 is 22.7. The summed E-state index contributed by atoms with van der Waals surface area (Å²) in [5.41, 5.74) is 0.318. The van der Waals surface area contributed by atoms with Gasteiger partial charge in [0.15, 0.2) is 9.84 Å². The molecule has 0 aliphatic carbocycles. The van der Waals surface area contributed by atoms with E-state index in [0.717, 1.165) is 11.8 Å². The van der Waals surface area contributed by atoms with E-state index in [2.05, 4.69) is 0 Å². The summed E-state index contributed by atoms with van der Waals surface area (Å²) in [4.78, 5) is 10.9. The van der Waals surface area contributed by atoms with Crippen LogP contribution in [0.3, 0.4) is 0 Å². The lowest BCUT2D eigenvalue weighted by atomic mass is 9.87. The van der Waals surface area contributed by atoms with Crippen LogP contribution in [0.25, 0.3) is 0 Å². The Labute approximate surface area is 107 Å². The monoisotopic (exact) mass is 268 g/mol. The van der Waals surface area contributed by atoms with Gasteiger partial charge in [-0.2, -0.15) is 0 Å². The molecule has 2 rings (SSSR count).